The van der Waals surface area contributed by atoms with Gasteiger partial charge < -0.3 is 0 Å². The maximum Gasteiger partial charge on any atom is 0.106 e. The fourth-order valence-corrected chi connectivity index (χ4v) is 1.14. The average Bonchev–Trinajstić information content (AvgIpc) is 2.77. The standard InChI is InChI=1S/C11H12N4/c1-4-9(3)11(10(5-2)8-12)15-13-6-7-14-15/h4-7H,2H2,1,3H3/b9-4-,11-10-. The first-order valence-corrected chi connectivity index (χ1v) is 4.51. The van der Waals surface area contributed by atoms with Crippen molar-refractivity contribution in [2.24, 2.45) is 0 Å². The summed E-state index contributed by atoms with van der Waals surface area (Å²) in [6, 6.07) is 2.08. The van der Waals surface area contributed by atoms with Gasteiger partial charge in [0.05, 0.1) is 18.0 Å². The van der Waals surface area contributed by atoms with E-state index in [1.54, 1.807) is 12.4 Å². The second kappa shape index (κ2) is 4.91. The van der Waals surface area contributed by atoms with Gasteiger partial charge in [-0.1, -0.05) is 12.7 Å². The number of nitrogens with zero attached hydrogens (tertiary/aromatic N) is 4. The summed E-state index contributed by atoms with van der Waals surface area (Å²) in [5.74, 6) is 0. The highest BCUT2D eigenvalue weighted by molar-refractivity contribution is 5.71. The van der Waals surface area contributed by atoms with Crippen molar-refractivity contribution in [2.45, 2.75) is 13.8 Å². The van der Waals surface area contributed by atoms with Crippen LogP contribution in [0.2, 0.25) is 0 Å². The van der Waals surface area contributed by atoms with Crippen LogP contribution in [0.5, 0.6) is 0 Å². The molecule has 0 saturated carbocycles. The van der Waals surface area contributed by atoms with E-state index in [0.717, 1.165) is 5.57 Å². The van der Waals surface area contributed by atoms with Gasteiger partial charge in [0.15, 0.2) is 0 Å². The molecular formula is C11H12N4. The normalized spacial score (nSPS) is 13.0. The van der Waals surface area contributed by atoms with E-state index >= 15 is 0 Å². The van der Waals surface area contributed by atoms with Crippen molar-refractivity contribution in [3.8, 4) is 6.07 Å². The Morgan fingerprint density at radius 2 is 2.07 bits per heavy atom. The van der Waals surface area contributed by atoms with Crippen LogP contribution in [0.4, 0.5) is 0 Å². The van der Waals surface area contributed by atoms with Crippen molar-refractivity contribution in [3.05, 3.63) is 42.3 Å². The van der Waals surface area contributed by atoms with E-state index in [4.69, 9.17) is 5.26 Å². The van der Waals surface area contributed by atoms with Gasteiger partial charge in [-0.15, -0.1) is 0 Å². The van der Waals surface area contributed by atoms with Crippen LogP contribution in [-0.2, 0) is 0 Å². The second-order valence-electron chi connectivity index (χ2n) is 2.87. The van der Waals surface area contributed by atoms with Crippen molar-refractivity contribution >= 4 is 5.70 Å². The van der Waals surface area contributed by atoms with E-state index in [1.807, 2.05) is 19.9 Å². The van der Waals surface area contributed by atoms with Crippen LogP contribution in [0.1, 0.15) is 13.8 Å². The monoisotopic (exact) mass is 200 g/mol. The third-order valence-electron chi connectivity index (χ3n) is 2.00. The molecule has 0 aromatic carbocycles. The van der Waals surface area contributed by atoms with E-state index in [9.17, 15) is 0 Å². The number of aromatic nitrogens is 3. The zero-order valence-corrected chi connectivity index (χ0v) is 8.81. The highest BCUT2D eigenvalue weighted by Crippen LogP contribution is 2.18. The van der Waals surface area contributed by atoms with Crippen LogP contribution in [0, 0.1) is 11.3 Å². The molecule has 4 heteroatoms. The highest BCUT2D eigenvalue weighted by atomic mass is 15.5. The summed E-state index contributed by atoms with van der Waals surface area (Å²) in [4.78, 5) is 1.43. The SMILES string of the molecule is C=C/C(C#N)=C(\C(C)=C/C)n1nccn1. The molecule has 1 aromatic rings. The van der Waals surface area contributed by atoms with Gasteiger partial charge in [-0.25, -0.2) is 0 Å². The number of nitriles is 1. The van der Waals surface area contributed by atoms with Crippen molar-refractivity contribution in [1.29, 1.82) is 5.26 Å². The molecule has 0 bridgehead atoms. The molecule has 0 aliphatic rings. The van der Waals surface area contributed by atoms with Crippen LogP contribution in [0.25, 0.3) is 5.70 Å². The van der Waals surface area contributed by atoms with Gasteiger partial charge in [0.25, 0.3) is 0 Å². The third kappa shape index (κ3) is 2.20. The van der Waals surface area contributed by atoms with Gasteiger partial charge >= 0.3 is 0 Å². The molecule has 1 aromatic heterocycles. The van der Waals surface area contributed by atoms with Crippen molar-refractivity contribution in [1.82, 2.24) is 15.0 Å². The van der Waals surface area contributed by atoms with Crippen LogP contribution in [0.15, 0.2) is 42.3 Å². The van der Waals surface area contributed by atoms with Gasteiger partial charge in [-0.05, 0) is 25.5 Å². The molecule has 0 spiro atoms. The van der Waals surface area contributed by atoms with Crippen molar-refractivity contribution < 1.29 is 0 Å². The molecule has 0 aliphatic carbocycles. The Labute approximate surface area is 88.8 Å². The maximum absolute atomic E-state index is 8.96. The molecule has 0 radical (unpaired) electrons. The van der Waals surface area contributed by atoms with Gasteiger partial charge in [-0.3, -0.25) is 0 Å². The summed E-state index contributed by atoms with van der Waals surface area (Å²) < 4.78 is 0. The third-order valence-corrected chi connectivity index (χ3v) is 2.00. The van der Waals surface area contributed by atoms with Crippen molar-refractivity contribution in [2.75, 3.05) is 0 Å². The minimum atomic E-state index is 0.460. The molecular weight excluding hydrogens is 188 g/mol. The average molecular weight is 200 g/mol. The minimum absolute atomic E-state index is 0.460. The van der Waals surface area contributed by atoms with E-state index in [2.05, 4.69) is 22.8 Å². The fraction of sp³-hybridized carbons (Fsp3) is 0.182. The molecule has 0 unspecified atom stereocenters. The summed E-state index contributed by atoms with van der Waals surface area (Å²) in [6.07, 6.45) is 6.55. The van der Waals surface area contributed by atoms with Gasteiger partial charge in [-0.2, -0.15) is 20.3 Å². The number of rotatable bonds is 3. The van der Waals surface area contributed by atoms with E-state index in [-0.39, 0.29) is 0 Å². The highest BCUT2D eigenvalue weighted by Gasteiger charge is 2.09. The zero-order chi connectivity index (χ0) is 11.3. The Balaban J connectivity index is 3.41. The Hall–Kier alpha value is -2.15. The quantitative estimate of drug-likeness (QED) is 0.555. The van der Waals surface area contributed by atoms with Crippen LogP contribution in [-0.4, -0.2) is 15.0 Å². The first kappa shape index (κ1) is 10.9. The van der Waals surface area contributed by atoms with Gasteiger partial charge in [0.1, 0.15) is 11.8 Å². The molecule has 1 heterocycles. The zero-order valence-electron chi connectivity index (χ0n) is 8.81. The fourth-order valence-electron chi connectivity index (χ4n) is 1.14. The predicted molar refractivity (Wildman–Crippen MR) is 58.5 cm³/mol. The van der Waals surface area contributed by atoms with Crippen LogP contribution in [0.3, 0.4) is 0 Å². The van der Waals surface area contributed by atoms with Crippen LogP contribution >= 0.6 is 0 Å². The molecule has 0 amide bonds. The predicted octanol–water partition coefficient (Wildman–Crippen LogP) is 2.16. The molecule has 76 valence electrons. The lowest BCUT2D eigenvalue weighted by atomic mass is 10.1. The smallest absolute Gasteiger partial charge is 0.106 e. The maximum atomic E-state index is 8.96. The second-order valence-corrected chi connectivity index (χ2v) is 2.87. The van der Waals surface area contributed by atoms with Crippen LogP contribution < -0.4 is 0 Å². The number of hydrogen-bond donors (Lipinski definition) is 0. The molecule has 0 saturated heterocycles. The first-order valence-electron chi connectivity index (χ1n) is 4.51. The minimum Gasteiger partial charge on any atom is -0.192 e. The van der Waals surface area contributed by atoms with Gasteiger partial charge in [0, 0.05) is 0 Å². The molecule has 0 aliphatic heterocycles. The summed E-state index contributed by atoms with van der Waals surface area (Å²) in [7, 11) is 0. The van der Waals surface area contributed by atoms with Crippen molar-refractivity contribution in [3.63, 3.8) is 0 Å². The molecule has 4 nitrogen and oxygen atoms in total. The van der Waals surface area contributed by atoms with Gasteiger partial charge in [0.2, 0.25) is 0 Å². The summed E-state index contributed by atoms with van der Waals surface area (Å²) >= 11 is 0. The Morgan fingerprint density at radius 3 is 2.47 bits per heavy atom. The lowest BCUT2D eigenvalue weighted by Gasteiger charge is -2.07. The molecule has 15 heavy (non-hydrogen) atoms. The molecule has 1 rings (SSSR count). The molecule has 0 N–H and O–H groups in total. The molecule has 0 atom stereocenters. The number of hydrogen-bond acceptors (Lipinski definition) is 3. The topological polar surface area (TPSA) is 54.5 Å². The Kier molecular flexibility index (Phi) is 3.58. The number of allylic oxidation sites excluding steroid dienone is 5. The van der Waals surface area contributed by atoms with E-state index < -0.39 is 0 Å². The largest absolute Gasteiger partial charge is 0.192 e. The summed E-state index contributed by atoms with van der Waals surface area (Å²) in [5, 5.41) is 17.0. The summed E-state index contributed by atoms with van der Waals surface area (Å²) in [5.41, 5.74) is 2.06. The van der Waals surface area contributed by atoms with E-state index in [1.165, 1.54) is 10.9 Å². The lowest BCUT2D eigenvalue weighted by molar-refractivity contribution is 0.767. The van der Waals surface area contributed by atoms with E-state index in [0.29, 0.717) is 11.3 Å². The first-order chi connectivity index (χ1) is 7.24. The Morgan fingerprint density at radius 1 is 1.47 bits per heavy atom. The Bertz CT molecular complexity index is 443. The molecule has 0 fully saturated rings. The summed E-state index contributed by atoms with van der Waals surface area (Å²) in [6.45, 7) is 7.40. The lowest BCUT2D eigenvalue weighted by Crippen LogP contribution is -2.05.